The summed E-state index contributed by atoms with van der Waals surface area (Å²) >= 11 is 0. The van der Waals surface area contributed by atoms with Crippen LogP contribution >= 0.6 is 0 Å². The lowest BCUT2D eigenvalue weighted by Gasteiger charge is -2.57. The molecule has 1 heterocycles. The van der Waals surface area contributed by atoms with E-state index < -0.39 is 6.17 Å². The zero-order chi connectivity index (χ0) is 19.8. The second-order valence-corrected chi connectivity index (χ2v) is 10.5. The van der Waals surface area contributed by atoms with Crippen LogP contribution in [0, 0.1) is 28.6 Å². The summed E-state index contributed by atoms with van der Waals surface area (Å²) in [6, 6.07) is 8.48. The third-order valence-electron chi connectivity index (χ3n) is 9.30. The van der Waals surface area contributed by atoms with E-state index in [1.54, 1.807) is 0 Å². The van der Waals surface area contributed by atoms with Crippen molar-refractivity contribution >= 4 is 16.7 Å². The zero-order valence-electron chi connectivity index (χ0n) is 17.6. The number of aromatic nitrogens is 2. The Morgan fingerprint density at radius 2 is 1.83 bits per heavy atom. The third-order valence-corrected chi connectivity index (χ3v) is 9.30. The summed E-state index contributed by atoms with van der Waals surface area (Å²) in [6.07, 6.45) is 13.7. The van der Waals surface area contributed by atoms with E-state index in [-0.39, 0.29) is 10.8 Å². The van der Waals surface area contributed by atoms with E-state index in [9.17, 15) is 4.39 Å². The Labute approximate surface area is 172 Å². The Bertz CT molecular complexity index is 1030. The van der Waals surface area contributed by atoms with Crippen LogP contribution in [-0.4, -0.2) is 15.7 Å². The quantitative estimate of drug-likeness (QED) is 0.490. The predicted molar refractivity (Wildman–Crippen MR) is 116 cm³/mol. The van der Waals surface area contributed by atoms with Gasteiger partial charge in [-0.25, -0.2) is 9.37 Å². The molecule has 4 unspecified atom stereocenters. The minimum atomic E-state index is -0.617. The van der Waals surface area contributed by atoms with E-state index in [2.05, 4.69) is 59.8 Å². The smallest absolute Gasteiger partial charge is 0.104 e. The first-order valence-corrected chi connectivity index (χ1v) is 11.5. The lowest BCUT2D eigenvalue weighted by atomic mass is 9.48. The molecule has 0 spiro atoms. The van der Waals surface area contributed by atoms with Crippen LogP contribution in [0.1, 0.15) is 58.8 Å². The molecule has 1 aromatic heterocycles. The summed E-state index contributed by atoms with van der Waals surface area (Å²) in [4.78, 5) is 4.66. The van der Waals surface area contributed by atoms with Gasteiger partial charge < -0.3 is 4.57 Å². The molecule has 3 heteroatoms. The average Bonchev–Trinajstić information content (AvgIpc) is 3.29. The molecule has 6 atom stereocenters. The van der Waals surface area contributed by atoms with Crippen LogP contribution in [0.2, 0.25) is 0 Å². The average molecular weight is 391 g/mol. The number of hydrogen-bond donors (Lipinski definition) is 0. The number of nitrogens with zero attached hydrogens (tertiary/aromatic N) is 2. The van der Waals surface area contributed by atoms with Crippen LogP contribution < -0.4 is 0 Å². The largest absolute Gasteiger partial charge is 0.302 e. The van der Waals surface area contributed by atoms with Gasteiger partial charge in [-0.3, -0.25) is 0 Å². The van der Waals surface area contributed by atoms with Crippen LogP contribution in [0.25, 0.3) is 16.7 Å². The number of fused-ring (bicyclic) bond motifs is 6. The maximum Gasteiger partial charge on any atom is 0.104 e. The maximum absolute atomic E-state index is 14.1. The van der Waals surface area contributed by atoms with E-state index in [1.807, 2.05) is 6.33 Å². The van der Waals surface area contributed by atoms with E-state index in [0.717, 1.165) is 36.6 Å². The third kappa shape index (κ3) is 2.36. The van der Waals surface area contributed by atoms with E-state index >= 15 is 0 Å². The van der Waals surface area contributed by atoms with Gasteiger partial charge in [0.25, 0.3) is 0 Å². The summed E-state index contributed by atoms with van der Waals surface area (Å²) in [5.74, 6) is 2.14. The minimum absolute atomic E-state index is 0.212. The SMILES string of the molecule is C[C@]12CCC(F)CC1=CCC1C2CC[C@]2(C)C(n3cnc4ccccc43)=CCC12. The fraction of sp³-hybridized carbons (Fsp3) is 0.577. The van der Waals surface area contributed by atoms with Crippen molar-refractivity contribution in [2.75, 3.05) is 0 Å². The van der Waals surface area contributed by atoms with Crippen LogP contribution in [0.5, 0.6) is 0 Å². The normalized spacial score (nSPS) is 41.3. The van der Waals surface area contributed by atoms with E-state index in [0.29, 0.717) is 12.3 Å². The fourth-order valence-corrected chi connectivity index (χ4v) is 7.69. The summed E-state index contributed by atoms with van der Waals surface area (Å²) in [5, 5.41) is 0. The molecule has 1 aromatic carbocycles. The van der Waals surface area contributed by atoms with Crippen LogP contribution in [0.15, 0.2) is 48.3 Å². The molecule has 0 N–H and O–H groups in total. The predicted octanol–water partition coefficient (Wildman–Crippen LogP) is 6.79. The van der Waals surface area contributed by atoms with Gasteiger partial charge in [-0.1, -0.05) is 43.7 Å². The highest BCUT2D eigenvalue weighted by Crippen LogP contribution is 2.65. The van der Waals surface area contributed by atoms with Crippen molar-refractivity contribution in [3.63, 3.8) is 0 Å². The first kappa shape index (κ1) is 17.9. The molecule has 4 aliphatic carbocycles. The Balaban J connectivity index is 1.36. The van der Waals surface area contributed by atoms with Crippen molar-refractivity contribution in [3.8, 4) is 0 Å². The Hall–Kier alpha value is -1.90. The second-order valence-electron chi connectivity index (χ2n) is 10.5. The van der Waals surface area contributed by atoms with Gasteiger partial charge in [0, 0.05) is 17.5 Å². The fourth-order valence-electron chi connectivity index (χ4n) is 7.69. The summed E-state index contributed by atoms with van der Waals surface area (Å²) in [5.41, 5.74) is 5.65. The summed E-state index contributed by atoms with van der Waals surface area (Å²) in [6.45, 7) is 4.96. The van der Waals surface area contributed by atoms with E-state index in [4.69, 9.17) is 0 Å². The first-order valence-electron chi connectivity index (χ1n) is 11.5. The van der Waals surface area contributed by atoms with Crippen molar-refractivity contribution < 1.29 is 4.39 Å². The Morgan fingerprint density at radius 1 is 1.00 bits per heavy atom. The van der Waals surface area contributed by atoms with Gasteiger partial charge in [-0.15, -0.1) is 0 Å². The van der Waals surface area contributed by atoms with Gasteiger partial charge in [0.15, 0.2) is 0 Å². The molecule has 2 saturated carbocycles. The first-order chi connectivity index (χ1) is 14.0. The van der Waals surface area contributed by atoms with Crippen LogP contribution in [0.4, 0.5) is 4.39 Å². The number of imidazole rings is 1. The topological polar surface area (TPSA) is 17.8 Å². The number of allylic oxidation sites excluding steroid dienone is 4. The molecule has 0 radical (unpaired) electrons. The highest BCUT2D eigenvalue weighted by atomic mass is 19.1. The Kier molecular flexibility index (Phi) is 3.74. The van der Waals surface area contributed by atoms with Gasteiger partial charge >= 0.3 is 0 Å². The van der Waals surface area contributed by atoms with Crippen LogP contribution in [-0.2, 0) is 0 Å². The van der Waals surface area contributed by atoms with Gasteiger partial charge in [0.05, 0.1) is 11.0 Å². The highest BCUT2D eigenvalue weighted by molar-refractivity contribution is 5.80. The second kappa shape index (κ2) is 6.06. The molecule has 2 fully saturated rings. The van der Waals surface area contributed by atoms with Crippen molar-refractivity contribution in [1.29, 1.82) is 0 Å². The Morgan fingerprint density at radius 3 is 2.72 bits per heavy atom. The molecule has 0 saturated heterocycles. The number of hydrogen-bond acceptors (Lipinski definition) is 1. The molecule has 0 bridgehead atoms. The molecule has 6 rings (SSSR count). The molecule has 152 valence electrons. The standard InChI is InChI=1S/C26H31FN2/c1-25-13-11-18(27)15-17(25)7-8-19-20-9-10-24(26(20,2)14-12-21(19)25)29-16-28-22-5-3-4-6-23(22)29/h3-7,10,16,18-21H,8-9,11-15H2,1-2H3/t18?,19?,20?,21?,25-,26-/m0/s1. The molecular weight excluding hydrogens is 359 g/mol. The number of benzene rings is 1. The number of alkyl halides is 1. The summed E-state index contributed by atoms with van der Waals surface area (Å²) < 4.78 is 16.5. The minimum Gasteiger partial charge on any atom is -0.302 e. The number of para-hydroxylation sites is 2. The molecule has 4 aliphatic rings. The lowest BCUT2D eigenvalue weighted by molar-refractivity contribution is -0.0178. The molecular formula is C26H31FN2. The van der Waals surface area contributed by atoms with Gasteiger partial charge in [-0.05, 0) is 73.8 Å². The van der Waals surface area contributed by atoms with Gasteiger partial charge in [0.1, 0.15) is 12.5 Å². The lowest BCUT2D eigenvalue weighted by Crippen LogP contribution is -2.49. The number of halogens is 1. The number of rotatable bonds is 1. The monoisotopic (exact) mass is 390 g/mol. The van der Waals surface area contributed by atoms with E-state index in [1.165, 1.54) is 36.0 Å². The van der Waals surface area contributed by atoms with Crippen LogP contribution in [0.3, 0.4) is 0 Å². The molecule has 2 aromatic rings. The maximum atomic E-state index is 14.1. The molecule has 0 amide bonds. The highest BCUT2D eigenvalue weighted by Gasteiger charge is 2.57. The van der Waals surface area contributed by atoms with Crippen molar-refractivity contribution in [2.24, 2.45) is 28.6 Å². The summed E-state index contributed by atoms with van der Waals surface area (Å²) in [7, 11) is 0. The van der Waals surface area contributed by atoms with Crippen molar-refractivity contribution in [1.82, 2.24) is 9.55 Å². The van der Waals surface area contributed by atoms with Crippen molar-refractivity contribution in [3.05, 3.63) is 48.3 Å². The molecule has 0 aliphatic heterocycles. The molecule has 2 nitrogen and oxygen atoms in total. The van der Waals surface area contributed by atoms with Gasteiger partial charge in [-0.2, -0.15) is 0 Å². The zero-order valence-corrected chi connectivity index (χ0v) is 17.6. The van der Waals surface area contributed by atoms with Gasteiger partial charge in [0.2, 0.25) is 0 Å². The molecule has 29 heavy (non-hydrogen) atoms. The van der Waals surface area contributed by atoms with Crippen molar-refractivity contribution in [2.45, 2.75) is 65.0 Å².